The Labute approximate surface area is 117 Å². The average molecular weight is 252 g/mol. The van der Waals surface area contributed by atoms with Crippen molar-refractivity contribution < 1.29 is 0 Å². The Morgan fingerprint density at radius 3 is 2.05 bits per heavy atom. The lowest BCUT2D eigenvalue weighted by Gasteiger charge is -2.03. The summed E-state index contributed by atoms with van der Waals surface area (Å²) in [6.45, 7) is 10.4. The van der Waals surface area contributed by atoms with Crippen molar-refractivity contribution in [3.8, 4) is 0 Å². The van der Waals surface area contributed by atoms with E-state index in [1.807, 2.05) is 13.8 Å². The van der Waals surface area contributed by atoms with Gasteiger partial charge in [0, 0.05) is 0 Å². The van der Waals surface area contributed by atoms with Crippen LogP contribution in [0.3, 0.4) is 0 Å². The number of hydrogen-bond donors (Lipinski definition) is 0. The number of allylic oxidation sites excluding steroid dienone is 4. The first kappa shape index (κ1) is 15.2. The summed E-state index contributed by atoms with van der Waals surface area (Å²) in [5.41, 5.74) is 3.92. The van der Waals surface area contributed by atoms with Gasteiger partial charge in [-0.3, -0.25) is 0 Å². The Kier molecular flexibility index (Phi) is 6.08. The van der Waals surface area contributed by atoms with E-state index in [-0.39, 0.29) is 0 Å². The summed E-state index contributed by atoms with van der Waals surface area (Å²) in [5, 5.41) is 2.60. The molecule has 0 unspecified atom stereocenters. The first-order valence-corrected chi connectivity index (χ1v) is 6.98. The van der Waals surface area contributed by atoms with Crippen LogP contribution in [0.1, 0.15) is 40.2 Å². The molecule has 0 aliphatic carbocycles. The van der Waals surface area contributed by atoms with Crippen LogP contribution in [-0.4, -0.2) is 0 Å². The lowest BCUT2D eigenvalue weighted by Crippen LogP contribution is -1.80. The highest BCUT2D eigenvalue weighted by molar-refractivity contribution is 5.86. The minimum Gasteiger partial charge on any atom is -0.0764 e. The number of rotatable bonds is 2. The molecule has 0 bridgehead atoms. The van der Waals surface area contributed by atoms with Crippen molar-refractivity contribution in [1.82, 2.24) is 0 Å². The van der Waals surface area contributed by atoms with Gasteiger partial charge >= 0.3 is 0 Å². The molecular formula is C19H24. The molecule has 0 aromatic heterocycles. The van der Waals surface area contributed by atoms with E-state index < -0.39 is 0 Å². The fourth-order valence-electron chi connectivity index (χ4n) is 1.82. The maximum Gasteiger partial charge on any atom is -0.0178 e. The Morgan fingerprint density at radius 1 is 0.789 bits per heavy atom. The van der Waals surface area contributed by atoms with Crippen LogP contribution in [0, 0.1) is 0 Å². The summed E-state index contributed by atoms with van der Waals surface area (Å²) in [6, 6.07) is 15.1. The van der Waals surface area contributed by atoms with Gasteiger partial charge in [-0.2, -0.15) is 0 Å². The van der Waals surface area contributed by atoms with Crippen molar-refractivity contribution in [3.05, 3.63) is 65.8 Å². The maximum absolute atomic E-state index is 2.25. The number of fused-ring (bicyclic) bond motifs is 1. The van der Waals surface area contributed by atoms with Crippen molar-refractivity contribution >= 4 is 16.3 Å². The maximum atomic E-state index is 2.25. The zero-order chi connectivity index (χ0) is 14.3. The van der Waals surface area contributed by atoms with Crippen LogP contribution in [0.2, 0.25) is 0 Å². The second kappa shape index (κ2) is 7.58. The fraction of sp³-hybridized carbons (Fsp3) is 0.263. The molecule has 100 valence electrons. The third kappa shape index (κ3) is 4.40. The van der Waals surface area contributed by atoms with Gasteiger partial charge in [-0.05, 0) is 48.7 Å². The Balaban J connectivity index is 0.000000861. The van der Waals surface area contributed by atoms with E-state index >= 15 is 0 Å². The largest absolute Gasteiger partial charge is 0.0764 e. The first-order valence-electron chi connectivity index (χ1n) is 6.98. The standard InChI is InChI=1S/C17H18.C2H6/c1-13(2)8-9-14(3)16-11-10-15-6-4-5-7-17(15)12-16;1-2/h4-12H,1-3H3;1-2H3/b14-9+;. The molecule has 0 heteroatoms. The molecule has 0 nitrogen and oxygen atoms in total. The summed E-state index contributed by atoms with van der Waals surface area (Å²) in [7, 11) is 0. The Morgan fingerprint density at radius 2 is 1.42 bits per heavy atom. The van der Waals surface area contributed by atoms with Gasteiger partial charge in [0.05, 0.1) is 0 Å². The van der Waals surface area contributed by atoms with Crippen LogP contribution >= 0.6 is 0 Å². The molecule has 0 atom stereocenters. The van der Waals surface area contributed by atoms with Crippen LogP contribution in [0.5, 0.6) is 0 Å². The zero-order valence-corrected chi connectivity index (χ0v) is 12.7. The molecule has 2 rings (SSSR count). The predicted molar refractivity (Wildman–Crippen MR) is 88.4 cm³/mol. The van der Waals surface area contributed by atoms with E-state index in [9.17, 15) is 0 Å². The van der Waals surface area contributed by atoms with E-state index in [2.05, 4.69) is 75.4 Å². The van der Waals surface area contributed by atoms with Gasteiger partial charge in [0.15, 0.2) is 0 Å². The molecular weight excluding hydrogens is 228 g/mol. The van der Waals surface area contributed by atoms with Gasteiger partial charge in [0.2, 0.25) is 0 Å². The van der Waals surface area contributed by atoms with E-state index in [1.165, 1.54) is 27.5 Å². The van der Waals surface area contributed by atoms with E-state index in [0.29, 0.717) is 0 Å². The van der Waals surface area contributed by atoms with Crippen molar-refractivity contribution in [2.45, 2.75) is 34.6 Å². The van der Waals surface area contributed by atoms with E-state index in [1.54, 1.807) is 0 Å². The molecule has 0 saturated carbocycles. The summed E-state index contributed by atoms with van der Waals surface area (Å²) in [6.07, 6.45) is 4.34. The van der Waals surface area contributed by atoms with E-state index in [4.69, 9.17) is 0 Å². The lowest BCUT2D eigenvalue weighted by molar-refractivity contribution is 1.39. The summed E-state index contributed by atoms with van der Waals surface area (Å²) in [4.78, 5) is 0. The molecule has 0 aliphatic rings. The van der Waals surface area contributed by atoms with Gasteiger partial charge in [-0.15, -0.1) is 0 Å². The molecule has 0 aliphatic heterocycles. The number of benzene rings is 2. The third-order valence-corrected chi connectivity index (χ3v) is 2.87. The number of hydrogen-bond acceptors (Lipinski definition) is 0. The topological polar surface area (TPSA) is 0 Å². The molecule has 2 aromatic carbocycles. The van der Waals surface area contributed by atoms with Gasteiger partial charge in [0.1, 0.15) is 0 Å². The molecule has 0 saturated heterocycles. The van der Waals surface area contributed by atoms with Crippen molar-refractivity contribution in [3.63, 3.8) is 0 Å². The molecule has 0 amide bonds. The quantitative estimate of drug-likeness (QED) is 0.555. The SMILES string of the molecule is CC.CC(C)=C/C=C(\C)c1ccc2ccccc2c1. The third-order valence-electron chi connectivity index (χ3n) is 2.87. The lowest BCUT2D eigenvalue weighted by atomic mass is 10.0. The van der Waals surface area contributed by atoms with Crippen LogP contribution in [0.25, 0.3) is 16.3 Å². The predicted octanol–water partition coefficient (Wildman–Crippen LogP) is 6.24. The van der Waals surface area contributed by atoms with Crippen molar-refractivity contribution in [1.29, 1.82) is 0 Å². The molecule has 0 spiro atoms. The monoisotopic (exact) mass is 252 g/mol. The van der Waals surface area contributed by atoms with Crippen LogP contribution in [-0.2, 0) is 0 Å². The highest BCUT2D eigenvalue weighted by Crippen LogP contribution is 2.21. The fourth-order valence-corrected chi connectivity index (χ4v) is 1.82. The van der Waals surface area contributed by atoms with Crippen molar-refractivity contribution in [2.75, 3.05) is 0 Å². The molecule has 0 heterocycles. The second-order valence-corrected chi connectivity index (χ2v) is 4.66. The average Bonchev–Trinajstić information content (AvgIpc) is 2.46. The van der Waals surface area contributed by atoms with Crippen LogP contribution < -0.4 is 0 Å². The highest BCUT2D eigenvalue weighted by atomic mass is 14.0. The normalized spacial score (nSPS) is 10.7. The Hall–Kier alpha value is -1.82. The van der Waals surface area contributed by atoms with Gasteiger partial charge < -0.3 is 0 Å². The van der Waals surface area contributed by atoms with Gasteiger partial charge in [0.25, 0.3) is 0 Å². The van der Waals surface area contributed by atoms with Gasteiger partial charge in [-0.1, -0.05) is 68.0 Å². The summed E-state index contributed by atoms with van der Waals surface area (Å²) >= 11 is 0. The first-order chi connectivity index (χ1) is 9.16. The van der Waals surface area contributed by atoms with E-state index in [0.717, 1.165) is 0 Å². The Bertz CT molecular complexity index is 582. The zero-order valence-electron chi connectivity index (χ0n) is 12.7. The molecule has 0 fully saturated rings. The summed E-state index contributed by atoms with van der Waals surface area (Å²) in [5.74, 6) is 0. The summed E-state index contributed by atoms with van der Waals surface area (Å²) < 4.78 is 0. The minimum absolute atomic E-state index is 1.29. The van der Waals surface area contributed by atoms with Gasteiger partial charge in [-0.25, -0.2) is 0 Å². The van der Waals surface area contributed by atoms with Crippen molar-refractivity contribution in [2.24, 2.45) is 0 Å². The molecule has 2 aromatic rings. The minimum atomic E-state index is 1.29. The second-order valence-electron chi connectivity index (χ2n) is 4.66. The molecule has 0 N–H and O–H groups in total. The van der Waals surface area contributed by atoms with Crippen LogP contribution in [0.4, 0.5) is 0 Å². The smallest absolute Gasteiger partial charge is 0.0178 e. The molecule has 0 radical (unpaired) electrons. The highest BCUT2D eigenvalue weighted by Gasteiger charge is 1.97. The molecule has 19 heavy (non-hydrogen) atoms. The van der Waals surface area contributed by atoms with Crippen LogP contribution in [0.15, 0.2) is 60.2 Å².